The molecule has 3 rings (SSSR count). The van der Waals surface area contributed by atoms with Crippen LogP contribution < -0.4 is 5.32 Å². The van der Waals surface area contributed by atoms with E-state index in [-0.39, 0.29) is 11.8 Å². The highest BCUT2D eigenvalue weighted by Crippen LogP contribution is 2.39. The van der Waals surface area contributed by atoms with Crippen molar-refractivity contribution in [1.82, 2.24) is 5.32 Å². The van der Waals surface area contributed by atoms with Crippen molar-refractivity contribution in [1.29, 1.82) is 0 Å². The predicted molar refractivity (Wildman–Crippen MR) is 83.0 cm³/mol. The normalized spacial score (nSPS) is 29.2. The molecule has 1 aliphatic carbocycles. The molecule has 19 heavy (non-hydrogen) atoms. The zero-order chi connectivity index (χ0) is 13.2. The second-order valence-electron chi connectivity index (χ2n) is 5.36. The molecule has 0 radical (unpaired) electrons. The largest absolute Gasteiger partial charge is 0.353 e. The fourth-order valence-corrected chi connectivity index (χ4v) is 5.08. The molecule has 1 amide bonds. The number of nitrogens with one attached hydrogen (secondary N) is 1. The topological polar surface area (TPSA) is 29.1 Å². The first-order chi connectivity index (χ1) is 9.29. The number of hydrogen-bond acceptors (Lipinski definition) is 2. The molecule has 1 heterocycles. The first-order valence-corrected chi connectivity index (χ1v) is 8.98. The molecule has 2 nitrogen and oxygen atoms in total. The number of alkyl halides is 1. The summed E-state index contributed by atoms with van der Waals surface area (Å²) in [5, 5.41) is 4.27. The van der Waals surface area contributed by atoms with Crippen LogP contribution >= 0.6 is 27.7 Å². The number of halogens is 1. The van der Waals surface area contributed by atoms with Gasteiger partial charge in [0.25, 0.3) is 0 Å². The quantitative estimate of drug-likeness (QED) is 0.853. The van der Waals surface area contributed by atoms with Gasteiger partial charge in [0.05, 0.1) is 5.92 Å². The van der Waals surface area contributed by atoms with Crippen LogP contribution in [0.2, 0.25) is 0 Å². The lowest BCUT2D eigenvalue weighted by Crippen LogP contribution is -2.40. The van der Waals surface area contributed by atoms with Crippen LogP contribution in [0.25, 0.3) is 0 Å². The first kappa shape index (κ1) is 13.5. The van der Waals surface area contributed by atoms with Crippen molar-refractivity contribution in [3.63, 3.8) is 0 Å². The van der Waals surface area contributed by atoms with E-state index in [1.807, 2.05) is 12.1 Å². The Labute approximate surface area is 126 Å². The molecule has 0 spiro atoms. The number of rotatable bonds is 3. The minimum Gasteiger partial charge on any atom is -0.353 e. The number of carbonyl (C=O) groups is 1. The van der Waals surface area contributed by atoms with Crippen LogP contribution in [0, 0.1) is 5.92 Å². The summed E-state index contributed by atoms with van der Waals surface area (Å²) in [7, 11) is 0. The SMILES string of the molecule is O=C(NC1CCCC1CBr)C1CSc2ccccc21. The van der Waals surface area contributed by atoms with E-state index >= 15 is 0 Å². The van der Waals surface area contributed by atoms with Gasteiger partial charge in [0.1, 0.15) is 0 Å². The number of benzene rings is 1. The van der Waals surface area contributed by atoms with Crippen LogP contribution in [0.3, 0.4) is 0 Å². The van der Waals surface area contributed by atoms with Crippen molar-refractivity contribution in [2.24, 2.45) is 5.92 Å². The van der Waals surface area contributed by atoms with Crippen molar-refractivity contribution in [3.05, 3.63) is 29.8 Å². The number of carbonyl (C=O) groups excluding carboxylic acids is 1. The molecule has 3 unspecified atom stereocenters. The Bertz CT molecular complexity index is 479. The maximum Gasteiger partial charge on any atom is 0.228 e. The maximum absolute atomic E-state index is 12.5. The van der Waals surface area contributed by atoms with E-state index in [1.54, 1.807) is 11.8 Å². The molecular weight excluding hydrogens is 322 g/mol. The lowest BCUT2D eigenvalue weighted by Gasteiger charge is -2.21. The molecule has 0 saturated heterocycles. The Hall–Kier alpha value is -0.480. The highest BCUT2D eigenvalue weighted by Gasteiger charge is 2.33. The summed E-state index contributed by atoms with van der Waals surface area (Å²) < 4.78 is 0. The number of amides is 1. The van der Waals surface area contributed by atoms with E-state index in [0.717, 1.165) is 17.5 Å². The molecule has 0 bridgehead atoms. The van der Waals surface area contributed by atoms with Crippen LogP contribution in [-0.4, -0.2) is 23.0 Å². The number of hydrogen-bond donors (Lipinski definition) is 1. The van der Waals surface area contributed by atoms with Crippen molar-refractivity contribution < 1.29 is 4.79 Å². The Balaban J connectivity index is 1.69. The number of fused-ring (bicyclic) bond motifs is 1. The average molecular weight is 340 g/mol. The molecule has 1 aromatic carbocycles. The van der Waals surface area contributed by atoms with E-state index in [9.17, 15) is 4.79 Å². The fraction of sp³-hybridized carbons (Fsp3) is 0.533. The summed E-state index contributed by atoms with van der Waals surface area (Å²) in [6.45, 7) is 0. The van der Waals surface area contributed by atoms with E-state index in [1.165, 1.54) is 23.3 Å². The molecule has 0 aromatic heterocycles. The fourth-order valence-electron chi connectivity index (χ4n) is 3.07. The second-order valence-corrected chi connectivity index (χ2v) is 7.07. The molecule has 1 aromatic rings. The van der Waals surface area contributed by atoms with Crippen molar-refractivity contribution in [2.75, 3.05) is 11.1 Å². The van der Waals surface area contributed by atoms with Gasteiger partial charge in [0, 0.05) is 22.0 Å². The minimum absolute atomic E-state index is 0.0396. The molecular formula is C15H18BrNOS. The Morgan fingerprint density at radius 2 is 2.21 bits per heavy atom. The van der Waals surface area contributed by atoms with Crippen LogP contribution in [0.5, 0.6) is 0 Å². The Morgan fingerprint density at radius 3 is 3.05 bits per heavy atom. The van der Waals surface area contributed by atoms with Crippen molar-refractivity contribution >= 4 is 33.6 Å². The standard InChI is InChI=1S/C15H18BrNOS/c16-8-10-4-3-6-13(10)17-15(18)12-9-19-14-7-2-1-5-11(12)14/h1-2,5,7,10,12-13H,3-4,6,8-9H2,(H,17,18). The zero-order valence-electron chi connectivity index (χ0n) is 10.8. The van der Waals surface area contributed by atoms with Crippen LogP contribution in [-0.2, 0) is 4.79 Å². The lowest BCUT2D eigenvalue weighted by atomic mass is 9.99. The van der Waals surface area contributed by atoms with Crippen molar-refractivity contribution in [2.45, 2.75) is 36.1 Å². The van der Waals surface area contributed by atoms with E-state index in [2.05, 4.69) is 33.4 Å². The van der Waals surface area contributed by atoms with Crippen molar-refractivity contribution in [3.8, 4) is 0 Å². The van der Waals surface area contributed by atoms with Gasteiger partial charge in [-0.3, -0.25) is 4.79 Å². The van der Waals surface area contributed by atoms with E-state index in [0.29, 0.717) is 12.0 Å². The molecule has 102 valence electrons. The van der Waals surface area contributed by atoms with Crippen LogP contribution in [0.4, 0.5) is 0 Å². The van der Waals surface area contributed by atoms with Gasteiger partial charge < -0.3 is 5.32 Å². The molecule has 4 heteroatoms. The third-order valence-electron chi connectivity index (χ3n) is 4.20. The van der Waals surface area contributed by atoms with Crippen LogP contribution in [0.1, 0.15) is 30.7 Å². The summed E-state index contributed by atoms with van der Waals surface area (Å²) in [5.41, 5.74) is 1.21. The molecule has 1 aliphatic heterocycles. The van der Waals surface area contributed by atoms with Crippen LogP contribution in [0.15, 0.2) is 29.2 Å². The third-order valence-corrected chi connectivity index (χ3v) is 6.22. The van der Waals surface area contributed by atoms with Gasteiger partial charge in [-0.2, -0.15) is 0 Å². The van der Waals surface area contributed by atoms with Gasteiger partial charge in [0.2, 0.25) is 5.91 Å². The molecule has 1 saturated carbocycles. The van der Waals surface area contributed by atoms with Gasteiger partial charge in [-0.25, -0.2) is 0 Å². The maximum atomic E-state index is 12.5. The predicted octanol–water partition coefficient (Wildman–Crippen LogP) is 3.56. The van der Waals surface area contributed by atoms with Gasteiger partial charge in [-0.15, -0.1) is 11.8 Å². The molecule has 3 atom stereocenters. The average Bonchev–Trinajstić information content (AvgIpc) is 3.04. The van der Waals surface area contributed by atoms with E-state index < -0.39 is 0 Å². The molecule has 1 fully saturated rings. The third kappa shape index (κ3) is 2.70. The molecule has 1 N–H and O–H groups in total. The Kier molecular flexibility index (Phi) is 4.18. The van der Waals surface area contributed by atoms with Gasteiger partial charge >= 0.3 is 0 Å². The summed E-state index contributed by atoms with van der Waals surface area (Å²) in [6, 6.07) is 8.65. The summed E-state index contributed by atoms with van der Waals surface area (Å²) in [6.07, 6.45) is 3.59. The monoisotopic (exact) mass is 339 g/mol. The van der Waals surface area contributed by atoms with Gasteiger partial charge in [-0.1, -0.05) is 40.5 Å². The highest BCUT2D eigenvalue weighted by atomic mass is 79.9. The summed E-state index contributed by atoms with van der Waals surface area (Å²) >= 11 is 5.36. The smallest absolute Gasteiger partial charge is 0.228 e. The summed E-state index contributed by atoms with van der Waals surface area (Å²) in [5.74, 6) is 1.75. The Morgan fingerprint density at radius 1 is 1.37 bits per heavy atom. The second kappa shape index (κ2) is 5.88. The zero-order valence-corrected chi connectivity index (χ0v) is 13.2. The van der Waals surface area contributed by atoms with Gasteiger partial charge in [-0.05, 0) is 30.4 Å². The number of thioether (sulfide) groups is 1. The molecule has 2 aliphatic rings. The first-order valence-electron chi connectivity index (χ1n) is 6.87. The highest BCUT2D eigenvalue weighted by molar-refractivity contribution is 9.09. The van der Waals surface area contributed by atoms with Gasteiger partial charge in [0.15, 0.2) is 0 Å². The van der Waals surface area contributed by atoms with E-state index in [4.69, 9.17) is 0 Å². The summed E-state index contributed by atoms with van der Waals surface area (Å²) in [4.78, 5) is 13.8. The lowest BCUT2D eigenvalue weighted by molar-refractivity contribution is -0.123. The minimum atomic E-state index is 0.0396.